The predicted octanol–water partition coefficient (Wildman–Crippen LogP) is 2.87. The van der Waals surface area contributed by atoms with E-state index >= 15 is 0 Å². The molecule has 3 nitrogen and oxygen atoms in total. The summed E-state index contributed by atoms with van der Waals surface area (Å²) in [5.74, 6) is 0.451. The van der Waals surface area contributed by atoms with Gasteiger partial charge in [-0.25, -0.2) is 0 Å². The molecule has 3 heteroatoms. The van der Waals surface area contributed by atoms with Crippen LogP contribution in [0.4, 0.5) is 0 Å². The van der Waals surface area contributed by atoms with E-state index in [-0.39, 0.29) is 17.4 Å². The van der Waals surface area contributed by atoms with Gasteiger partial charge in [-0.3, -0.25) is 4.79 Å². The Hall–Kier alpha value is -0.570. The zero-order valence-corrected chi connectivity index (χ0v) is 11.5. The highest BCUT2D eigenvalue weighted by atomic mass is 16.5. The molecule has 2 N–H and O–H groups in total. The smallest absolute Gasteiger partial charge is 0.306 e. The van der Waals surface area contributed by atoms with Crippen LogP contribution in [0.5, 0.6) is 0 Å². The van der Waals surface area contributed by atoms with Crippen LogP contribution in [0.2, 0.25) is 0 Å². The van der Waals surface area contributed by atoms with Crippen molar-refractivity contribution in [3.8, 4) is 0 Å². The van der Waals surface area contributed by atoms with Gasteiger partial charge in [0, 0.05) is 6.04 Å². The molecule has 1 rings (SSSR count). The lowest BCUT2D eigenvalue weighted by Crippen LogP contribution is -2.46. The summed E-state index contributed by atoms with van der Waals surface area (Å²) in [4.78, 5) is 11.6. The van der Waals surface area contributed by atoms with E-state index < -0.39 is 0 Å². The molecular formula is C14H27NO2. The molecule has 0 heterocycles. The van der Waals surface area contributed by atoms with E-state index in [1.165, 1.54) is 39.2 Å². The van der Waals surface area contributed by atoms with Gasteiger partial charge in [0.05, 0.1) is 13.5 Å². The summed E-state index contributed by atoms with van der Waals surface area (Å²) in [5, 5.41) is 0. The average Bonchev–Trinajstić information content (AvgIpc) is 2.38. The Morgan fingerprint density at radius 1 is 1.41 bits per heavy atom. The van der Waals surface area contributed by atoms with Crippen molar-refractivity contribution in [2.24, 2.45) is 17.1 Å². The van der Waals surface area contributed by atoms with Gasteiger partial charge in [-0.2, -0.15) is 0 Å². The number of nitrogens with two attached hydrogens (primary N) is 1. The van der Waals surface area contributed by atoms with Crippen molar-refractivity contribution in [3.63, 3.8) is 0 Å². The molecule has 0 amide bonds. The van der Waals surface area contributed by atoms with Gasteiger partial charge in [0.15, 0.2) is 0 Å². The van der Waals surface area contributed by atoms with Gasteiger partial charge >= 0.3 is 5.97 Å². The Balaban J connectivity index is 2.79. The Morgan fingerprint density at radius 3 is 2.47 bits per heavy atom. The quantitative estimate of drug-likeness (QED) is 0.753. The van der Waals surface area contributed by atoms with E-state index in [9.17, 15) is 4.79 Å². The van der Waals surface area contributed by atoms with Crippen LogP contribution in [0.3, 0.4) is 0 Å². The minimum Gasteiger partial charge on any atom is -0.469 e. The lowest BCUT2D eigenvalue weighted by molar-refractivity contribution is -0.145. The molecule has 0 aliphatic heterocycles. The molecule has 2 unspecified atom stereocenters. The summed E-state index contributed by atoms with van der Waals surface area (Å²) in [7, 11) is 1.46. The van der Waals surface area contributed by atoms with E-state index in [0.29, 0.717) is 12.3 Å². The Morgan fingerprint density at radius 2 is 2.00 bits per heavy atom. The number of hydrogen-bond acceptors (Lipinski definition) is 3. The van der Waals surface area contributed by atoms with Crippen LogP contribution in [0.1, 0.15) is 58.8 Å². The van der Waals surface area contributed by atoms with E-state index in [4.69, 9.17) is 10.5 Å². The maximum Gasteiger partial charge on any atom is 0.306 e. The molecule has 0 saturated heterocycles. The first-order valence-corrected chi connectivity index (χ1v) is 6.87. The van der Waals surface area contributed by atoms with Crippen LogP contribution in [-0.2, 0) is 9.53 Å². The molecule has 17 heavy (non-hydrogen) atoms. The summed E-state index contributed by atoms with van der Waals surface area (Å²) in [6.45, 7) is 4.27. The predicted molar refractivity (Wildman–Crippen MR) is 69.6 cm³/mol. The highest BCUT2D eigenvalue weighted by Crippen LogP contribution is 2.43. The third-order valence-corrected chi connectivity index (χ3v) is 4.58. The highest BCUT2D eigenvalue weighted by Gasteiger charge is 2.41. The first-order chi connectivity index (χ1) is 8.04. The molecule has 0 spiro atoms. The van der Waals surface area contributed by atoms with Gasteiger partial charge in [-0.1, -0.05) is 33.1 Å². The zero-order valence-electron chi connectivity index (χ0n) is 11.5. The Labute approximate surface area is 105 Å². The SMILES string of the molecule is CCC(N)C(C)(CC(=O)OC)C1CCCCC1. The van der Waals surface area contributed by atoms with Crippen molar-refractivity contribution >= 4 is 5.97 Å². The molecule has 1 aliphatic carbocycles. The molecule has 1 fully saturated rings. The molecule has 0 aromatic heterocycles. The molecule has 2 atom stereocenters. The third kappa shape index (κ3) is 3.44. The number of methoxy groups -OCH3 is 1. The fraction of sp³-hybridized carbons (Fsp3) is 0.929. The number of carbonyl (C=O) groups excluding carboxylic acids is 1. The lowest BCUT2D eigenvalue weighted by Gasteiger charge is -2.43. The Bertz CT molecular complexity index is 249. The maximum absolute atomic E-state index is 11.6. The van der Waals surface area contributed by atoms with Crippen molar-refractivity contribution in [1.29, 1.82) is 0 Å². The van der Waals surface area contributed by atoms with Gasteiger partial charge in [-0.15, -0.1) is 0 Å². The molecule has 0 aromatic carbocycles. The molecule has 1 aliphatic rings. The highest BCUT2D eigenvalue weighted by molar-refractivity contribution is 5.70. The summed E-state index contributed by atoms with van der Waals surface area (Å²) >= 11 is 0. The zero-order chi connectivity index (χ0) is 12.9. The first-order valence-electron chi connectivity index (χ1n) is 6.87. The van der Waals surface area contributed by atoms with Crippen LogP contribution in [0.15, 0.2) is 0 Å². The maximum atomic E-state index is 11.6. The van der Waals surface area contributed by atoms with Crippen molar-refractivity contribution in [1.82, 2.24) is 0 Å². The normalized spacial score (nSPS) is 22.8. The number of rotatable bonds is 5. The summed E-state index contributed by atoms with van der Waals surface area (Å²) in [6.07, 6.45) is 7.68. The molecular weight excluding hydrogens is 214 g/mol. The van der Waals surface area contributed by atoms with Gasteiger partial charge < -0.3 is 10.5 Å². The number of hydrogen-bond donors (Lipinski definition) is 1. The van der Waals surface area contributed by atoms with E-state index in [2.05, 4.69) is 13.8 Å². The third-order valence-electron chi connectivity index (χ3n) is 4.58. The second kappa shape index (κ2) is 6.39. The fourth-order valence-electron chi connectivity index (χ4n) is 3.19. The Kier molecular flexibility index (Phi) is 5.44. The monoisotopic (exact) mass is 241 g/mol. The van der Waals surface area contributed by atoms with Crippen LogP contribution in [-0.4, -0.2) is 19.1 Å². The molecule has 0 aromatic rings. The minimum absolute atomic E-state index is 0.0877. The minimum atomic E-state index is -0.123. The molecule has 0 radical (unpaired) electrons. The van der Waals surface area contributed by atoms with E-state index in [1.807, 2.05) is 0 Å². The van der Waals surface area contributed by atoms with Crippen LogP contribution in [0.25, 0.3) is 0 Å². The number of ether oxygens (including phenoxy) is 1. The van der Waals surface area contributed by atoms with E-state index in [1.54, 1.807) is 0 Å². The number of esters is 1. The second-order valence-corrected chi connectivity index (χ2v) is 5.61. The summed E-state index contributed by atoms with van der Waals surface area (Å²) in [6, 6.07) is 0.0877. The fourth-order valence-corrected chi connectivity index (χ4v) is 3.19. The average molecular weight is 241 g/mol. The largest absolute Gasteiger partial charge is 0.469 e. The van der Waals surface area contributed by atoms with Crippen molar-refractivity contribution < 1.29 is 9.53 Å². The van der Waals surface area contributed by atoms with Crippen LogP contribution < -0.4 is 5.73 Å². The van der Waals surface area contributed by atoms with E-state index in [0.717, 1.165) is 6.42 Å². The van der Waals surface area contributed by atoms with Gasteiger partial charge in [-0.05, 0) is 30.6 Å². The topological polar surface area (TPSA) is 52.3 Å². The molecule has 1 saturated carbocycles. The number of carbonyl (C=O) groups is 1. The van der Waals surface area contributed by atoms with Crippen molar-refractivity contribution in [2.75, 3.05) is 7.11 Å². The van der Waals surface area contributed by atoms with Crippen molar-refractivity contribution in [3.05, 3.63) is 0 Å². The van der Waals surface area contributed by atoms with Crippen LogP contribution >= 0.6 is 0 Å². The van der Waals surface area contributed by atoms with Gasteiger partial charge in [0.2, 0.25) is 0 Å². The molecule has 0 bridgehead atoms. The first kappa shape index (κ1) is 14.5. The second-order valence-electron chi connectivity index (χ2n) is 5.61. The lowest BCUT2D eigenvalue weighted by atomic mass is 9.64. The summed E-state index contributed by atoms with van der Waals surface area (Å²) < 4.78 is 4.84. The van der Waals surface area contributed by atoms with Crippen LogP contribution in [0, 0.1) is 11.3 Å². The summed E-state index contributed by atoms with van der Waals surface area (Å²) in [5.41, 5.74) is 6.18. The van der Waals surface area contributed by atoms with Gasteiger partial charge in [0.25, 0.3) is 0 Å². The molecule has 100 valence electrons. The standard InChI is InChI=1S/C14H27NO2/c1-4-12(15)14(2,10-13(16)17-3)11-8-6-5-7-9-11/h11-12H,4-10,15H2,1-3H3. The van der Waals surface area contributed by atoms with Gasteiger partial charge in [0.1, 0.15) is 0 Å². The van der Waals surface area contributed by atoms with Crippen molar-refractivity contribution in [2.45, 2.75) is 64.8 Å².